The lowest BCUT2D eigenvalue weighted by molar-refractivity contribution is 0.0940. The van der Waals surface area contributed by atoms with Crippen LogP contribution < -0.4 is 5.32 Å². The van der Waals surface area contributed by atoms with E-state index in [1.165, 1.54) is 11.3 Å². The van der Waals surface area contributed by atoms with Gasteiger partial charge in [-0.2, -0.15) is 0 Å². The highest BCUT2D eigenvalue weighted by atomic mass is 32.1. The molecule has 1 aromatic heterocycles. The highest BCUT2D eigenvalue weighted by Crippen LogP contribution is 2.19. The van der Waals surface area contributed by atoms with Gasteiger partial charge in [0.2, 0.25) is 0 Å². The number of hydrogen-bond donors (Lipinski definition) is 2. The van der Waals surface area contributed by atoms with Crippen LogP contribution in [0.5, 0.6) is 0 Å². The first kappa shape index (κ1) is 14.7. The number of aliphatic hydroxyl groups is 1. The second-order valence-corrected chi connectivity index (χ2v) is 5.91. The van der Waals surface area contributed by atoms with Crippen LogP contribution in [0.1, 0.15) is 41.7 Å². The Morgan fingerprint density at radius 2 is 2.22 bits per heavy atom. The summed E-state index contributed by atoms with van der Waals surface area (Å²) < 4.78 is 0. The van der Waals surface area contributed by atoms with Crippen LogP contribution in [0.4, 0.5) is 0 Å². The summed E-state index contributed by atoms with van der Waals surface area (Å²) in [4.78, 5) is 13.3. The molecule has 0 saturated heterocycles. The molecule has 0 aliphatic heterocycles. The van der Waals surface area contributed by atoms with Gasteiger partial charge in [-0.3, -0.25) is 4.79 Å². The van der Waals surface area contributed by atoms with Crippen LogP contribution in [0.2, 0.25) is 0 Å². The maximum Gasteiger partial charge on any atom is 0.261 e. The first-order chi connectivity index (χ1) is 8.48. The van der Waals surface area contributed by atoms with Crippen LogP contribution in [-0.4, -0.2) is 24.2 Å². The molecule has 0 radical (unpaired) electrons. The predicted octanol–water partition coefficient (Wildman–Crippen LogP) is 2.26. The Balaban J connectivity index is 2.60. The zero-order valence-corrected chi connectivity index (χ0v) is 11.9. The lowest BCUT2D eigenvalue weighted by atomic mass is 9.90. The molecule has 4 heteroatoms. The number of carbonyl (C=O) groups excluding carboxylic acids is 1. The van der Waals surface area contributed by atoms with Gasteiger partial charge in [0, 0.05) is 6.54 Å². The van der Waals surface area contributed by atoms with Crippen molar-refractivity contribution in [3.05, 3.63) is 21.9 Å². The smallest absolute Gasteiger partial charge is 0.261 e. The molecule has 0 fully saturated rings. The van der Waals surface area contributed by atoms with Gasteiger partial charge < -0.3 is 10.4 Å². The van der Waals surface area contributed by atoms with Crippen molar-refractivity contribution in [2.45, 2.75) is 27.2 Å². The number of carbonyl (C=O) groups is 1. The monoisotopic (exact) mass is 265 g/mol. The molecular weight excluding hydrogens is 246 g/mol. The Labute approximate surface area is 112 Å². The van der Waals surface area contributed by atoms with Gasteiger partial charge in [-0.15, -0.1) is 11.3 Å². The summed E-state index contributed by atoms with van der Waals surface area (Å²) in [5.41, 5.74) is 0.118. The zero-order valence-electron chi connectivity index (χ0n) is 11.0. The van der Waals surface area contributed by atoms with Gasteiger partial charge in [-0.1, -0.05) is 32.6 Å². The van der Waals surface area contributed by atoms with E-state index in [-0.39, 0.29) is 17.9 Å². The molecule has 3 nitrogen and oxygen atoms in total. The minimum absolute atomic E-state index is 0.0569. The van der Waals surface area contributed by atoms with Gasteiger partial charge in [0.05, 0.1) is 9.75 Å². The average molecular weight is 265 g/mol. The molecule has 1 aromatic rings. The zero-order chi connectivity index (χ0) is 13.6. The summed E-state index contributed by atoms with van der Waals surface area (Å²) in [6.45, 7) is 6.86. The molecule has 0 spiro atoms. The summed E-state index contributed by atoms with van der Waals surface area (Å²) in [5.74, 6) is 5.30. The van der Waals surface area contributed by atoms with Crippen molar-refractivity contribution in [1.29, 1.82) is 0 Å². The fourth-order valence-corrected chi connectivity index (χ4v) is 1.98. The molecule has 98 valence electrons. The molecule has 0 atom stereocenters. The first-order valence-corrected chi connectivity index (χ1v) is 6.78. The predicted molar refractivity (Wildman–Crippen MR) is 74.7 cm³/mol. The van der Waals surface area contributed by atoms with E-state index in [0.717, 1.165) is 11.3 Å². The Morgan fingerprint density at radius 3 is 2.83 bits per heavy atom. The van der Waals surface area contributed by atoms with Crippen molar-refractivity contribution in [2.24, 2.45) is 5.41 Å². The molecule has 2 N–H and O–H groups in total. The van der Waals surface area contributed by atoms with E-state index in [0.29, 0.717) is 11.4 Å². The van der Waals surface area contributed by atoms with Crippen molar-refractivity contribution < 1.29 is 9.90 Å². The molecule has 0 aliphatic carbocycles. The number of hydrogen-bond acceptors (Lipinski definition) is 3. The average Bonchev–Trinajstić information content (AvgIpc) is 2.82. The van der Waals surface area contributed by atoms with Crippen molar-refractivity contribution >= 4 is 17.2 Å². The lowest BCUT2D eigenvalue weighted by Crippen LogP contribution is -2.33. The third kappa shape index (κ3) is 4.52. The van der Waals surface area contributed by atoms with Crippen molar-refractivity contribution in [3.8, 4) is 11.8 Å². The Morgan fingerprint density at radius 1 is 1.50 bits per heavy atom. The summed E-state index contributed by atoms with van der Waals surface area (Å²) in [6.07, 6.45) is 1.02. The van der Waals surface area contributed by atoms with Crippen LogP contribution in [0.15, 0.2) is 12.1 Å². The largest absolute Gasteiger partial charge is 0.384 e. The van der Waals surface area contributed by atoms with Gasteiger partial charge in [0.25, 0.3) is 5.91 Å². The van der Waals surface area contributed by atoms with Crippen LogP contribution >= 0.6 is 11.3 Å². The van der Waals surface area contributed by atoms with Gasteiger partial charge >= 0.3 is 0 Å². The van der Waals surface area contributed by atoms with Crippen molar-refractivity contribution in [2.75, 3.05) is 13.2 Å². The molecule has 0 aliphatic rings. The fraction of sp³-hybridized carbons (Fsp3) is 0.500. The van der Waals surface area contributed by atoms with Crippen LogP contribution in [-0.2, 0) is 0 Å². The van der Waals surface area contributed by atoms with Gasteiger partial charge in [0.15, 0.2) is 0 Å². The SMILES string of the molecule is CCC(C)(C)CNC(=O)c1ccc(C#CCO)s1. The van der Waals surface area contributed by atoms with E-state index in [1.807, 2.05) is 0 Å². The topological polar surface area (TPSA) is 49.3 Å². The second-order valence-electron chi connectivity index (χ2n) is 4.82. The Hall–Kier alpha value is -1.31. The highest BCUT2D eigenvalue weighted by Gasteiger charge is 2.17. The van der Waals surface area contributed by atoms with E-state index in [2.05, 4.69) is 37.9 Å². The number of amides is 1. The highest BCUT2D eigenvalue weighted by molar-refractivity contribution is 7.14. The third-order valence-electron chi connectivity index (χ3n) is 2.81. The normalized spacial score (nSPS) is 10.7. The summed E-state index contributed by atoms with van der Waals surface area (Å²) in [6, 6.07) is 3.56. The second kappa shape index (κ2) is 6.58. The molecule has 0 aromatic carbocycles. The van der Waals surface area contributed by atoms with Gasteiger partial charge in [0.1, 0.15) is 6.61 Å². The molecule has 18 heavy (non-hydrogen) atoms. The minimum atomic E-state index is -0.163. The summed E-state index contributed by atoms with van der Waals surface area (Å²) in [7, 11) is 0. The summed E-state index contributed by atoms with van der Waals surface area (Å²) >= 11 is 1.34. The molecule has 0 bridgehead atoms. The number of aliphatic hydroxyl groups excluding tert-OH is 1. The standard InChI is InChI=1S/C14H19NO2S/c1-4-14(2,3)10-15-13(17)12-8-7-11(18-12)6-5-9-16/h7-8,16H,4,9-10H2,1-3H3,(H,15,17). The van der Waals surface area contributed by atoms with E-state index in [1.54, 1.807) is 12.1 Å². The van der Waals surface area contributed by atoms with E-state index < -0.39 is 0 Å². The van der Waals surface area contributed by atoms with E-state index >= 15 is 0 Å². The van der Waals surface area contributed by atoms with E-state index in [9.17, 15) is 4.79 Å². The lowest BCUT2D eigenvalue weighted by Gasteiger charge is -2.22. The Bertz CT molecular complexity index is 466. The maximum atomic E-state index is 11.9. The first-order valence-electron chi connectivity index (χ1n) is 5.96. The number of thiophene rings is 1. The van der Waals surface area contributed by atoms with Gasteiger partial charge in [-0.05, 0) is 24.0 Å². The van der Waals surface area contributed by atoms with Crippen LogP contribution in [0.3, 0.4) is 0 Å². The molecule has 0 unspecified atom stereocenters. The van der Waals surface area contributed by atoms with Crippen molar-refractivity contribution in [1.82, 2.24) is 5.32 Å². The van der Waals surface area contributed by atoms with Crippen LogP contribution in [0.25, 0.3) is 0 Å². The third-order valence-corrected chi connectivity index (χ3v) is 3.80. The molecular formula is C14H19NO2S. The maximum absolute atomic E-state index is 11.9. The fourth-order valence-electron chi connectivity index (χ4n) is 1.19. The summed E-state index contributed by atoms with van der Waals surface area (Å²) in [5, 5.41) is 11.5. The molecule has 0 saturated carbocycles. The number of nitrogens with one attached hydrogen (secondary N) is 1. The van der Waals surface area contributed by atoms with E-state index in [4.69, 9.17) is 5.11 Å². The molecule has 1 heterocycles. The van der Waals surface area contributed by atoms with Crippen LogP contribution in [0, 0.1) is 17.3 Å². The molecule has 1 amide bonds. The van der Waals surface area contributed by atoms with Gasteiger partial charge in [-0.25, -0.2) is 0 Å². The number of rotatable bonds is 4. The molecule has 1 rings (SSSR count). The quantitative estimate of drug-likeness (QED) is 0.820. The minimum Gasteiger partial charge on any atom is -0.384 e. The van der Waals surface area contributed by atoms with Crippen molar-refractivity contribution in [3.63, 3.8) is 0 Å². The Kier molecular flexibility index (Phi) is 5.39.